The highest BCUT2D eigenvalue weighted by Crippen LogP contribution is 2.34. The fraction of sp³-hybridized carbons (Fsp3) is 0.450. The first kappa shape index (κ1) is 19.5. The number of fused-ring (bicyclic) bond motifs is 2. The summed E-state index contributed by atoms with van der Waals surface area (Å²) in [6.07, 6.45) is -2.83. The predicted molar refractivity (Wildman–Crippen MR) is 96.7 cm³/mol. The number of nitrogens with one attached hydrogen (secondary N) is 1. The number of hydrogen-bond donors (Lipinski definition) is 1. The molecule has 2 aliphatic rings. The maximum absolute atomic E-state index is 13.4. The van der Waals surface area contributed by atoms with E-state index in [4.69, 9.17) is 9.47 Å². The number of benzene rings is 1. The minimum atomic E-state index is -4.51. The van der Waals surface area contributed by atoms with E-state index in [-0.39, 0.29) is 31.0 Å². The van der Waals surface area contributed by atoms with Crippen LogP contribution in [0.1, 0.15) is 35.6 Å². The van der Waals surface area contributed by atoms with E-state index >= 15 is 0 Å². The third kappa shape index (κ3) is 4.28. The molecule has 29 heavy (non-hydrogen) atoms. The van der Waals surface area contributed by atoms with Crippen molar-refractivity contribution in [3.63, 3.8) is 0 Å². The highest BCUT2D eigenvalue weighted by Gasteiger charge is 2.37. The van der Waals surface area contributed by atoms with Crippen molar-refractivity contribution in [1.29, 1.82) is 0 Å². The number of alkyl halides is 3. The molecule has 1 aromatic carbocycles. The van der Waals surface area contributed by atoms with Crippen LogP contribution in [0.3, 0.4) is 0 Å². The maximum atomic E-state index is 13.4. The SMILES string of the molecule is O=C(NCCc1nc2c(c(C(F)(F)F)n1)CCCC2)C1COc2ccccc2O1. The van der Waals surface area contributed by atoms with Gasteiger partial charge in [-0.2, -0.15) is 13.2 Å². The number of aromatic nitrogens is 2. The smallest absolute Gasteiger partial charge is 0.433 e. The number of ether oxygens (including phenoxy) is 2. The summed E-state index contributed by atoms with van der Waals surface area (Å²) in [7, 11) is 0. The molecular weight excluding hydrogens is 387 g/mol. The first-order valence-corrected chi connectivity index (χ1v) is 9.54. The van der Waals surface area contributed by atoms with Gasteiger partial charge in [0.15, 0.2) is 17.2 Å². The van der Waals surface area contributed by atoms with Crippen LogP contribution in [0.15, 0.2) is 24.3 Å². The number of carbonyl (C=O) groups excluding carboxylic acids is 1. The molecule has 6 nitrogen and oxygen atoms in total. The quantitative estimate of drug-likeness (QED) is 0.844. The van der Waals surface area contributed by atoms with Gasteiger partial charge >= 0.3 is 6.18 Å². The van der Waals surface area contributed by atoms with Gasteiger partial charge in [0.2, 0.25) is 6.10 Å². The molecule has 0 saturated carbocycles. The lowest BCUT2D eigenvalue weighted by molar-refractivity contribution is -0.142. The van der Waals surface area contributed by atoms with Crippen LogP contribution in [0.4, 0.5) is 13.2 Å². The molecular formula is C20H20F3N3O3. The van der Waals surface area contributed by atoms with Crippen molar-refractivity contribution in [3.05, 3.63) is 47.0 Å². The molecule has 0 spiro atoms. The Hall–Kier alpha value is -2.84. The summed E-state index contributed by atoms with van der Waals surface area (Å²) in [6, 6.07) is 7.02. The minimum absolute atomic E-state index is 0.0659. The zero-order valence-corrected chi connectivity index (χ0v) is 15.6. The Kier molecular flexibility index (Phi) is 5.29. The highest BCUT2D eigenvalue weighted by atomic mass is 19.4. The van der Waals surface area contributed by atoms with Gasteiger partial charge in [-0.25, -0.2) is 9.97 Å². The van der Waals surface area contributed by atoms with Crippen molar-refractivity contribution in [3.8, 4) is 11.5 Å². The van der Waals surface area contributed by atoms with Crippen LogP contribution in [0.25, 0.3) is 0 Å². The average molecular weight is 407 g/mol. The van der Waals surface area contributed by atoms with Gasteiger partial charge in [0.05, 0.1) is 0 Å². The number of carbonyl (C=O) groups is 1. The zero-order chi connectivity index (χ0) is 20.4. The summed E-state index contributed by atoms with van der Waals surface area (Å²) in [4.78, 5) is 20.4. The molecule has 1 aliphatic carbocycles. The average Bonchev–Trinajstić information content (AvgIpc) is 2.72. The van der Waals surface area contributed by atoms with Gasteiger partial charge in [-0.3, -0.25) is 4.79 Å². The van der Waals surface area contributed by atoms with Crippen molar-refractivity contribution in [2.24, 2.45) is 0 Å². The normalized spacial score (nSPS) is 18.1. The van der Waals surface area contributed by atoms with Crippen molar-refractivity contribution < 1.29 is 27.4 Å². The molecule has 1 unspecified atom stereocenters. The van der Waals surface area contributed by atoms with Gasteiger partial charge in [0, 0.05) is 24.2 Å². The van der Waals surface area contributed by atoms with E-state index < -0.39 is 23.9 Å². The molecule has 1 atom stereocenters. The fourth-order valence-corrected chi connectivity index (χ4v) is 3.55. The second-order valence-corrected chi connectivity index (χ2v) is 7.02. The third-order valence-electron chi connectivity index (χ3n) is 4.95. The number of para-hydroxylation sites is 2. The van der Waals surface area contributed by atoms with Gasteiger partial charge in [0.1, 0.15) is 12.4 Å². The van der Waals surface area contributed by atoms with Crippen molar-refractivity contribution in [2.75, 3.05) is 13.2 Å². The maximum Gasteiger partial charge on any atom is 0.433 e. The highest BCUT2D eigenvalue weighted by molar-refractivity contribution is 5.81. The van der Waals surface area contributed by atoms with E-state index in [1.165, 1.54) is 0 Å². The molecule has 0 saturated heterocycles. The summed E-state index contributed by atoms with van der Waals surface area (Å²) in [5.74, 6) is 0.739. The van der Waals surface area contributed by atoms with Crippen LogP contribution in [-0.4, -0.2) is 35.1 Å². The van der Waals surface area contributed by atoms with E-state index in [9.17, 15) is 18.0 Å². The fourth-order valence-electron chi connectivity index (χ4n) is 3.55. The number of halogens is 3. The Labute approximate surface area is 165 Å². The van der Waals surface area contributed by atoms with E-state index in [1.807, 2.05) is 0 Å². The molecule has 1 N–H and O–H groups in total. The summed E-state index contributed by atoms with van der Waals surface area (Å²) in [5.41, 5.74) is -0.160. The third-order valence-corrected chi connectivity index (χ3v) is 4.95. The number of amides is 1. The lowest BCUT2D eigenvalue weighted by atomic mass is 9.94. The van der Waals surface area contributed by atoms with Gasteiger partial charge < -0.3 is 14.8 Å². The zero-order valence-electron chi connectivity index (χ0n) is 15.6. The molecule has 2 heterocycles. The van der Waals surface area contributed by atoms with E-state index in [0.29, 0.717) is 36.5 Å². The molecule has 0 radical (unpaired) electrons. The Balaban J connectivity index is 1.39. The molecule has 0 bridgehead atoms. The Bertz CT molecular complexity index is 918. The number of aryl methyl sites for hydroxylation is 1. The summed E-state index contributed by atoms with van der Waals surface area (Å²) < 4.78 is 51.3. The van der Waals surface area contributed by atoms with E-state index in [1.54, 1.807) is 24.3 Å². The van der Waals surface area contributed by atoms with Gasteiger partial charge in [0.25, 0.3) is 5.91 Å². The van der Waals surface area contributed by atoms with Crippen LogP contribution in [0.5, 0.6) is 11.5 Å². The molecule has 9 heteroatoms. The van der Waals surface area contributed by atoms with E-state index in [2.05, 4.69) is 15.3 Å². The number of hydrogen-bond acceptors (Lipinski definition) is 5. The standard InChI is InChI=1S/C20H20F3N3O3/c21-20(22,23)18-12-5-1-2-6-13(12)25-17(26-18)9-10-24-19(27)16-11-28-14-7-3-4-8-15(14)29-16/h3-4,7-8,16H,1-2,5-6,9-11H2,(H,24,27). The lowest BCUT2D eigenvalue weighted by Crippen LogP contribution is -2.44. The van der Waals surface area contributed by atoms with Crippen molar-refractivity contribution in [1.82, 2.24) is 15.3 Å². The molecule has 1 amide bonds. The van der Waals surface area contributed by atoms with Crippen LogP contribution >= 0.6 is 0 Å². The molecule has 1 aromatic heterocycles. The van der Waals surface area contributed by atoms with Crippen molar-refractivity contribution in [2.45, 2.75) is 44.4 Å². The largest absolute Gasteiger partial charge is 0.485 e. The van der Waals surface area contributed by atoms with Crippen LogP contribution in [-0.2, 0) is 30.2 Å². The Morgan fingerprint density at radius 1 is 1.14 bits per heavy atom. The van der Waals surface area contributed by atoms with E-state index in [0.717, 1.165) is 6.42 Å². The topological polar surface area (TPSA) is 73.3 Å². The monoisotopic (exact) mass is 407 g/mol. The van der Waals surface area contributed by atoms with Gasteiger partial charge in [-0.1, -0.05) is 12.1 Å². The molecule has 0 fully saturated rings. The van der Waals surface area contributed by atoms with Crippen LogP contribution in [0, 0.1) is 0 Å². The van der Waals surface area contributed by atoms with Crippen molar-refractivity contribution >= 4 is 5.91 Å². The summed E-state index contributed by atoms with van der Waals surface area (Å²) in [6.45, 7) is 0.173. The summed E-state index contributed by atoms with van der Waals surface area (Å²) >= 11 is 0. The molecule has 154 valence electrons. The minimum Gasteiger partial charge on any atom is -0.485 e. The first-order chi connectivity index (χ1) is 13.9. The Morgan fingerprint density at radius 2 is 1.90 bits per heavy atom. The number of rotatable bonds is 4. The molecule has 2 aromatic rings. The van der Waals surface area contributed by atoms with Crippen LogP contribution < -0.4 is 14.8 Å². The second-order valence-electron chi connectivity index (χ2n) is 7.02. The predicted octanol–water partition coefficient (Wildman–Crippen LogP) is 2.87. The molecule has 1 aliphatic heterocycles. The lowest BCUT2D eigenvalue weighted by Gasteiger charge is -2.25. The Morgan fingerprint density at radius 3 is 2.69 bits per heavy atom. The molecule has 4 rings (SSSR count). The number of nitrogens with zero attached hydrogens (tertiary/aromatic N) is 2. The van der Waals surface area contributed by atoms with Gasteiger partial charge in [-0.05, 0) is 37.8 Å². The second kappa shape index (κ2) is 7.88. The van der Waals surface area contributed by atoms with Gasteiger partial charge in [-0.15, -0.1) is 0 Å². The first-order valence-electron chi connectivity index (χ1n) is 9.54. The van der Waals surface area contributed by atoms with Crippen LogP contribution in [0.2, 0.25) is 0 Å². The summed E-state index contributed by atoms with van der Waals surface area (Å²) in [5, 5.41) is 2.66.